The predicted molar refractivity (Wildman–Crippen MR) is 104 cm³/mol. The zero-order valence-corrected chi connectivity index (χ0v) is 14.9. The zero-order chi connectivity index (χ0) is 19.5. The van der Waals surface area contributed by atoms with E-state index in [4.69, 9.17) is 4.74 Å². The quantitative estimate of drug-likeness (QED) is 0.542. The number of nitrogens with zero attached hydrogens (tertiary/aromatic N) is 4. The van der Waals surface area contributed by atoms with Crippen molar-refractivity contribution in [2.75, 3.05) is 12.4 Å². The molecule has 0 bridgehead atoms. The average Bonchev–Trinajstić information content (AvgIpc) is 2.73. The summed E-state index contributed by atoms with van der Waals surface area (Å²) in [4.78, 5) is 40.6. The Morgan fingerprint density at radius 3 is 2.79 bits per heavy atom. The van der Waals surface area contributed by atoms with E-state index < -0.39 is 11.2 Å². The van der Waals surface area contributed by atoms with Crippen LogP contribution in [0, 0.1) is 0 Å². The van der Waals surface area contributed by atoms with Crippen molar-refractivity contribution in [1.29, 1.82) is 0 Å². The van der Waals surface area contributed by atoms with E-state index in [9.17, 15) is 9.59 Å². The van der Waals surface area contributed by atoms with Gasteiger partial charge in [-0.1, -0.05) is 18.2 Å². The van der Waals surface area contributed by atoms with Crippen molar-refractivity contribution in [3.8, 4) is 11.4 Å². The molecular formula is C19H16N6O3. The summed E-state index contributed by atoms with van der Waals surface area (Å²) < 4.78 is 6.26. The van der Waals surface area contributed by atoms with Gasteiger partial charge in [0.15, 0.2) is 5.65 Å². The molecule has 4 aromatic rings. The summed E-state index contributed by atoms with van der Waals surface area (Å²) >= 11 is 0. The summed E-state index contributed by atoms with van der Waals surface area (Å²) in [5, 5.41) is 3.24. The Kier molecular flexibility index (Phi) is 4.55. The number of rotatable bonds is 5. The first kappa shape index (κ1) is 17.4. The fourth-order valence-electron chi connectivity index (χ4n) is 2.81. The number of para-hydroxylation sites is 2. The van der Waals surface area contributed by atoms with Crippen LogP contribution < -0.4 is 21.3 Å². The maximum Gasteiger partial charge on any atom is 0.334 e. The lowest BCUT2D eigenvalue weighted by Crippen LogP contribution is -2.34. The van der Waals surface area contributed by atoms with Gasteiger partial charge in [-0.3, -0.25) is 14.8 Å². The molecule has 9 nitrogen and oxygen atoms in total. The Labute approximate surface area is 158 Å². The topological polar surface area (TPSA) is 115 Å². The van der Waals surface area contributed by atoms with Crippen molar-refractivity contribution in [3.05, 3.63) is 81.4 Å². The largest absolute Gasteiger partial charge is 0.495 e. The molecule has 3 aromatic heterocycles. The summed E-state index contributed by atoms with van der Waals surface area (Å²) in [5.74, 6) is 0.701. The molecule has 1 aromatic carbocycles. The summed E-state index contributed by atoms with van der Waals surface area (Å²) in [6, 6.07) is 10.5. The minimum absolute atomic E-state index is 0.157. The molecule has 28 heavy (non-hydrogen) atoms. The fourth-order valence-corrected chi connectivity index (χ4v) is 2.81. The molecule has 0 aliphatic heterocycles. The molecule has 0 atom stereocenters. The Morgan fingerprint density at radius 2 is 2.00 bits per heavy atom. The van der Waals surface area contributed by atoms with Crippen LogP contribution in [0.25, 0.3) is 16.7 Å². The smallest absolute Gasteiger partial charge is 0.334 e. The number of aromatic amines is 1. The Balaban J connectivity index is 1.74. The third-order valence-corrected chi connectivity index (χ3v) is 4.15. The van der Waals surface area contributed by atoms with Gasteiger partial charge in [0, 0.05) is 25.1 Å². The van der Waals surface area contributed by atoms with Gasteiger partial charge in [0.25, 0.3) is 5.56 Å². The third-order valence-electron chi connectivity index (χ3n) is 4.15. The van der Waals surface area contributed by atoms with Crippen LogP contribution in [0.4, 0.5) is 5.95 Å². The van der Waals surface area contributed by atoms with E-state index in [1.807, 2.05) is 12.1 Å². The second-order valence-electron chi connectivity index (χ2n) is 5.91. The van der Waals surface area contributed by atoms with E-state index in [0.29, 0.717) is 23.9 Å². The van der Waals surface area contributed by atoms with Crippen LogP contribution in [0.15, 0.2) is 64.6 Å². The van der Waals surface area contributed by atoms with E-state index in [1.54, 1.807) is 36.7 Å². The highest BCUT2D eigenvalue weighted by Crippen LogP contribution is 2.19. The Hall–Kier alpha value is -4.01. The van der Waals surface area contributed by atoms with Gasteiger partial charge in [0.05, 0.1) is 12.8 Å². The predicted octanol–water partition coefficient (Wildman–Crippen LogP) is 1.48. The molecule has 0 fully saturated rings. The van der Waals surface area contributed by atoms with Gasteiger partial charge in [-0.25, -0.2) is 14.3 Å². The first-order chi connectivity index (χ1) is 13.7. The van der Waals surface area contributed by atoms with Gasteiger partial charge in [-0.15, -0.1) is 0 Å². The number of hydrogen-bond donors (Lipinski definition) is 2. The number of pyridine rings is 1. The summed E-state index contributed by atoms with van der Waals surface area (Å²) in [6.07, 6.45) is 4.80. The van der Waals surface area contributed by atoms with E-state index in [1.165, 1.54) is 13.3 Å². The maximum absolute atomic E-state index is 12.9. The SMILES string of the molecule is COc1ccccc1-n1c(=O)[nH]c2nc(NCc3cccnc3)ncc2c1=O. The van der Waals surface area contributed by atoms with Crippen LogP contribution in [-0.4, -0.2) is 31.6 Å². The second kappa shape index (κ2) is 7.31. The minimum atomic E-state index is -0.612. The standard InChI is InChI=1S/C19H16N6O3/c1-28-15-7-3-2-6-14(15)25-17(26)13-11-22-18(23-16(13)24-19(25)27)21-10-12-5-4-8-20-9-12/h2-9,11H,10H2,1H3,(H2,21,22,23,24,27). The molecule has 4 rings (SSSR count). The number of nitrogens with one attached hydrogen (secondary N) is 2. The molecule has 0 saturated carbocycles. The molecule has 140 valence electrons. The number of aromatic nitrogens is 5. The fraction of sp³-hybridized carbons (Fsp3) is 0.105. The highest BCUT2D eigenvalue weighted by Gasteiger charge is 2.14. The average molecular weight is 376 g/mol. The van der Waals surface area contributed by atoms with Gasteiger partial charge in [-0.2, -0.15) is 4.98 Å². The number of ether oxygens (including phenoxy) is 1. The van der Waals surface area contributed by atoms with Gasteiger partial charge in [0.2, 0.25) is 5.95 Å². The molecule has 2 N–H and O–H groups in total. The third kappa shape index (κ3) is 3.20. The molecule has 0 unspecified atom stereocenters. The van der Waals surface area contributed by atoms with Crippen LogP contribution >= 0.6 is 0 Å². The summed E-state index contributed by atoms with van der Waals surface area (Å²) in [6.45, 7) is 0.460. The summed E-state index contributed by atoms with van der Waals surface area (Å²) in [5.41, 5.74) is 0.314. The number of hydrogen-bond acceptors (Lipinski definition) is 7. The van der Waals surface area contributed by atoms with Crippen LogP contribution in [0.1, 0.15) is 5.56 Å². The lowest BCUT2D eigenvalue weighted by atomic mass is 10.3. The maximum atomic E-state index is 12.9. The number of methoxy groups -OCH3 is 1. The van der Waals surface area contributed by atoms with E-state index in [-0.39, 0.29) is 11.0 Å². The number of H-pyrrole nitrogens is 1. The van der Waals surface area contributed by atoms with E-state index in [0.717, 1.165) is 10.1 Å². The monoisotopic (exact) mass is 376 g/mol. The summed E-state index contributed by atoms with van der Waals surface area (Å²) in [7, 11) is 1.47. The van der Waals surface area contributed by atoms with Crippen molar-refractivity contribution < 1.29 is 4.74 Å². The van der Waals surface area contributed by atoms with Crippen LogP contribution in [0.2, 0.25) is 0 Å². The number of anilines is 1. The molecule has 0 aliphatic carbocycles. The van der Waals surface area contributed by atoms with Crippen molar-refractivity contribution in [2.24, 2.45) is 0 Å². The van der Waals surface area contributed by atoms with Gasteiger partial charge in [-0.05, 0) is 23.8 Å². The van der Waals surface area contributed by atoms with Crippen LogP contribution in [0.3, 0.4) is 0 Å². The molecule has 9 heteroatoms. The van der Waals surface area contributed by atoms with Gasteiger partial charge >= 0.3 is 5.69 Å². The lowest BCUT2D eigenvalue weighted by Gasteiger charge is -2.10. The molecule has 0 amide bonds. The minimum Gasteiger partial charge on any atom is -0.495 e. The van der Waals surface area contributed by atoms with Crippen molar-refractivity contribution in [3.63, 3.8) is 0 Å². The Morgan fingerprint density at radius 1 is 1.14 bits per heavy atom. The molecular weight excluding hydrogens is 360 g/mol. The van der Waals surface area contributed by atoms with Gasteiger partial charge < -0.3 is 10.1 Å². The molecule has 0 saturated heterocycles. The highest BCUT2D eigenvalue weighted by atomic mass is 16.5. The van der Waals surface area contributed by atoms with Crippen LogP contribution in [0.5, 0.6) is 5.75 Å². The highest BCUT2D eigenvalue weighted by molar-refractivity contribution is 5.73. The van der Waals surface area contributed by atoms with Crippen molar-refractivity contribution >= 4 is 17.0 Å². The lowest BCUT2D eigenvalue weighted by molar-refractivity contribution is 0.412. The van der Waals surface area contributed by atoms with E-state index >= 15 is 0 Å². The second-order valence-corrected chi connectivity index (χ2v) is 5.91. The van der Waals surface area contributed by atoms with E-state index in [2.05, 4.69) is 25.3 Å². The number of benzene rings is 1. The van der Waals surface area contributed by atoms with Crippen molar-refractivity contribution in [2.45, 2.75) is 6.54 Å². The molecule has 3 heterocycles. The normalized spacial score (nSPS) is 10.8. The van der Waals surface area contributed by atoms with Gasteiger partial charge in [0.1, 0.15) is 11.1 Å². The zero-order valence-electron chi connectivity index (χ0n) is 14.9. The number of fused-ring (bicyclic) bond motifs is 1. The molecule has 0 radical (unpaired) electrons. The van der Waals surface area contributed by atoms with Crippen LogP contribution in [-0.2, 0) is 6.54 Å². The first-order valence-corrected chi connectivity index (χ1v) is 8.45. The first-order valence-electron chi connectivity index (χ1n) is 8.45. The van der Waals surface area contributed by atoms with Crippen molar-refractivity contribution in [1.82, 2.24) is 24.5 Å². The Bertz CT molecular complexity index is 1250. The molecule has 0 spiro atoms. The molecule has 0 aliphatic rings.